The summed E-state index contributed by atoms with van der Waals surface area (Å²) in [7, 11) is 3.81. The van der Waals surface area contributed by atoms with E-state index in [0.717, 1.165) is 51.6 Å². The largest absolute Gasteiger partial charge is 0.385 e. The number of carbonyl (C=O) groups excluding carboxylic acids is 1. The summed E-state index contributed by atoms with van der Waals surface area (Å²) in [6.45, 7) is 10.9. The third-order valence-electron chi connectivity index (χ3n) is 3.65. The van der Waals surface area contributed by atoms with Crippen LogP contribution in [0, 0.1) is 0 Å². The van der Waals surface area contributed by atoms with Gasteiger partial charge < -0.3 is 25.6 Å². The Bertz CT molecular complexity index is 350. The van der Waals surface area contributed by atoms with E-state index in [4.69, 9.17) is 4.74 Å². The average Bonchev–Trinajstić information content (AvgIpc) is 2.55. The molecule has 0 aliphatic rings. The van der Waals surface area contributed by atoms with Crippen molar-refractivity contribution in [3.8, 4) is 0 Å². The van der Waals surface area contributed by atoms with Crippen molar-refractivity contribution in [2.75, 3.05) is 53.5 Å². The number of carbonyl (C=O) groups is 1. The lowest BCUT2D eigenvalue weighted by atomic mass is 10.2. The molecule has 142 valence electrons. The normalized spacial score (nSPS) is 13.0. The van der Waals surface area contributed by atoms with Crippen LogP contribution in [0.2, 0.25) is 0 Å². The molecular formula is C17H37N5O2. The van der Waals surface area contributed by atoms with Gasteiger partial charge in [0.1, 0.15) is 0 Å². The highest BCUT2D eigenvalue weighted by Crippen LogP contribution is 1.90. The minimum absolute atomic E-state index is 0.0746. The number of methoxy groups -OCH3 is 1. The smallest absolute Gasteiger partial charge is 0.221 e. The second kappa shape index (κ2) is 15.2. The molecule has 0 rings (SSSR count). The number of nitrogens with one attached hydrogen (secondary N) is 3. The molecule has 24 heavy (non-hydrogen) atoms. The first kappa shape index (κ1) is 22.7. The van der Waals surface area contributed by atoms with Crippen LogP contribution in [0.1, 0.15) is 40.0 Å². The summed E-state index contributed by atoms with van der Waals surface area (Å²) in [5.41, 5.74) is 0. The lowest BCUT2D eigenvalue weighted by Gasteiger charge is -2.16. The maximum atomic E-state index is 11.8. The van der Waals surface area contributed by atoms with Crippen LogP contribution in [0.5, 0.6) is 0 Å². The lowest BCUT2D eigenvalue weighted by molar-refractivity contribution is -0.121. The van der Waals surface area contributed by atoms with Crippen molar-refractivity contribution in [1.29, 1.82) is 0 Å². The van der Waals surface area contributed by atoms with Crippen molar-refractivity contribution in [3.05, 3.63) is 0 Å². The van der Waals surface area contributed by atoms with Gasteiger partial charge in [-0.1, -0.05) is 6.92 Å². The monoisotopic (exact) mass is 343 g/mol. The Hall–Kier alpha value is -1.34. The quantitative estimate of drug-likeness (QED) is 0.262. The van der Waals surface area contributed by atoms with Gasteiger partial charge in [0.15, 0.2) is 5.96 Å². The highest BCUT2D eigenvalue weighted by atomic mass is 16.5. The molecule has 0 aliphatic heterocycles. The van der Waals surface area contributed by atoms with Gasteiger partial charge in [0.25, 0.3) is 0 Å². The molecule has 0 heterocycles. The number of guanidine groups is 1. The van der Waals surface area contributed by atoms with Gasteiger partial charge in [-0.05, 0) is 33.7 Å². The number of ether oxygens (including phenoxy) is 1. The maximum Gasteiger partial charge on any atom is 0.221 e. The molecule has 0 fully saturated rings. The number of hydrogen-bond donors (Lipinski definition) is 3. The summed E-state index contributed by atoms with van der Waals surface area (Å²) in [5.74, 6) is 0.838. The fourth-order valence-corrected chi connectivity index (χ4v) is 2.01. The second-order valence-electron chi connectivity index (χ2n) is 5.96. The lowest BCUT2D eigenvalue weighted by Crippen LogP contribution is -2.40. The van der Waals surface area contributed by atoms with Gasteiger partial charge in [-0.2, -0.15) is 0 Å². The first-order valence-corrected chi connectivity index (χ1v) is 9.02. The van der Waals surface area contributed by atoms with Gasteiger partial charge in [-0.3, -0.25) is 9.79 Å². The van der Waals surface area contributed by atoms with E-state index >= 15 is 0 Å². The highest BCUT2D eigenvalue weighted by molar-refractivity contribution is 5.81. The third kappa shape index (κ3) is 13.1. The van der Waals surface area contributed by atoms with Gasteiger partial charge in [0, 0.05) is 52.4 Å². The standard InChI is InChI=1S/C17H37N5O2/c1-6-15(3)21-16(23)9-10-19-17(18-7-2)20-11-13-22(4)12-8-14-24-5/h15H,6-14H2,1-5H3,(H,21,23)(H2,18,19,20). The van der Waals surface area contributed by atoms with Crippen LogP contribution in [0.15, 0.2) is 4.99 Å². The molecule has 0 aromatic rings. The predicted octanol–water partition coefficient (Wildman–Crippen LogP) is 0.815. The summed E-state index contributed by atoms with van der Waals surface area (Å²) in [4.78, 5) is 18.5. The average molecular weight is 344 g/mol. The Labute approximate surface area is 147 Å². The first-order chi connectivity index (χ1) is 11.5. The van der Waals surface area contributed by atoms with E-state index in [2.05, 4.69) is 39.8 Å². The predicted molar refractivity (Wildman–Crippen MR) is 100 cm³/mol. The molecule has 0 radical (unpaired) electrons. The van der Waals surface area contributed by atoms with Gasteiger partial charge >= 0.3 is 0 Å². The maximum absolute atomic E-state index is 11.8. The van der Waals surface area contributed by atoms with Crippen molar-refractivity contribution < 1.29 is 9.53 Å². The minimum Gasteiger partial charge on any atom is -0.385 e. The molecule has 7 heteroatoms. The van der Waals surface area contributed by atoms with Crippen LogP contribution < -0.4 is 16.0 Å². The van der Waals surface area contributed by atoms with Crippen molar-refractivity contribution in [2.24, 2.45) is 4.99 Å². The summed E-state index contributed by atoms with van der Waals surface area (Å²) in [5, 5.41) is 9.37. The SMILES string of the molecule is CCNC(=NCCN(C)CCCOC)NCCC(=O)NC(C)CC. The number of amides is 1. The van der Waals surface area contributed by atoms with E-state index in [9.17, 15) is 4.79 Å². The molecule has 0 saturated carbocycles. The Morgan fingerprint density at radius 3 is 2.62 bits per heavy atom. The van der Waals surface area contributed by atoms with Gasteiger partial charge in [-0.15, -0.1) is 0 Å². The highest BCUT2D eigenvalue weighted by Gasteiger charge is 2.05. The van der Waals surface area contributed by atoms with E-state index in [0.29, 0.717) is 13.0 Å². The van der Waals surface area contributed by atoms with Crippen LogP contribution in [-0.2, 0) is 9.53 Å². The van der Waals surface area contributed by atoms with E-state index in [1.165, 1.54) is 0 Å². The van der Waals surface area contributed by atoms with Gasteiger partial charge in [0.05, 0.1) is 6.54 Å². The molecule has 1 amide bonds. The molecule has 0 saturated heterocycles. The van der Waals surface area contributed by atoms with Gasteiger partial charge in [0.2, 0.25) is 5.91 Å². The number of rotatable bonds is 13. The third-order valence-corrected chi connectivity index (χ3v) is 3.65. The molecule has 1 unspecified atom stereocenters. The van der Waals surface area contributed by atoms with Crippen molar-refractivity contribution >= 4 is 11.9 Å². The summed E-state index contributed by atoms with van der Waals surface area (Å²) < 4.78 is 5.05. The van der Waals surface area contributed by atoms with E-state index < -0.39 is 0 Å². The Kier molecular flexibility index (Phi) is 14.4. The van der Waals surface area contributed by atoms with Crippen LogP contribution in [0.3, 0.4) is 0 Å². The number of nitrogens with zero attached hydrogens (tertiary/aromatic N) is 2. The zero-order chi connectivity index (χ0) is 18.2. The topological polar surface area (TPSA) is 78.0 Å². The first-order valence-electron chi connectivity index (χ1n) is 9.02. The fraction of sp³-hybridized carbons (Fsp3) is 0.882. The zero-order valence-electron chi connectivity index (χ0n) is 16.2. The van der Waals surface area contributed by atoms with Crippen LogP contribution >= 0.6 is 0 Å². The van der Waals surface area contributed by atoms with Crippen molar-refractivity contribution in [3.63, 3.8) is 0 Å². The Morgan fingerprint density at radius 2 is 2.00 bits per heavy atom. The van der Waals surface area contributed by atoms with Gasteiger partial charge in [-0.25, -0.2) is 0 Å². The van der Waals surface area contributed by atoms with Crippen LogP contribution in [0.4, 0.5) is 0 Å². The Balaban J connectivity index is 4.03. The van der Waals surface area contributed by atoms with Crippen molar-refractivity contribution in [2.45, 2.75) is 46.1 Å². The number of likely N-dealkylation sites (N-methyl/N-ethyl adjacent to an activating group) is 1. The number of aliphatic imine (C=N–C) groups is 1. The summed E-state index contributed by atoms with van der Waals surface area (Å²) in [6.07, 6.45) is 2.42. The fourth-order valence-electron chi connectivity index (χ4n) is 2.01. The molecule has 3 N–H and O–H groups in total. The molecule has 1 atom stereocenters. The second-order valence-corrected chi connectivity index (χ2v) is 5.96. The molecular weight excluding hydrogens is 306 g/mol. The van der Waals surface area contributed by atoms with Crippen molar-refractivity contribution in [1.82, 2.24) is 20.9 Å². The number of hydrogen-bond acceptors (Lipinski definition) is 4. The van der Waals surface area contributed by atoms with E-state index in [1.54, 1.807) is 7.11 Å². The zero-order valence-corrected chi connectivity index (χ0v) is 16.2. The van der Waals surface area contributed by atoms with Crippen LogP contribution in [-0.4, -0.2) is 76.3 Å². The molecule has 0 spiro atoms. The summed E-state index contributed by atoms with van der Waals surface area (Å²) in [6, 6.07) is 0.230. The molecule has 0 bridgehead atoms. The Morgan fingerprint density at radius 1 is 1.25 bits per heavy atom. The summed E-state index contributed by atoms with van der Waals surface area (Å²) >= 11 is 0. The van der Waals surface area contributed by atoms with E-state index in [1.807, 2.05) is 13.8 Å². The van der Waals surface area contributed by atoms with Crippen LogP contribution in [0.25, 0.3) is 0 Å². The molecule has 0 aromatic carbocycles. The minimum atomic E-state index is 0.0746. The molecule has 7 nitrogen and oxygen atoms in total. The van der Waals surface area contributed by atoms with E-state index in [-0.39, 0.29) is 11.9 Å². The molecule has 0 aliphatic carbocycles. The molecule has 0 aromatic heterocycles.